The molecular formula is C26H47NO10. The molecule has 1 N–H and O–H groups in total. The second-order valence-corrected chi connectivity index (χ2v) is 11.7. The number of nitrogens with one attached hydrogen (secondary N) is 1. The molecule has 0 bridgehead atoms. The molecule has 0 aliphatic heterocycles. The van der Waals surface area contributed by atoms with Crippen molar-refractivity contribution in [3.8, 4) is 0 Å². The van der Waals surface area contributed by atoms with Crippen molar-refractivity contribution < 1.29 is 47.6 Å². The van der Waals surface area contributed by atoms with Gasteiger partial charge < -0.3 is 33.7 Å². The van der Waals surface area contributed by atoms with Gasteiger partial charge in [-0.05, 0) is 62.3 Å². The summed E-state index contributed by atoms with van der Waals surface area (Å²) in [6, 6.07) is 0. The molecule has 11 nitrogen and oxygen atoms in total. The third kappa shape index (κ3) is 20.5. The van der Waals surface area contributed by atoms with Crippen LogP contribution in [-0.4, -0.2) is 86.3 Å². The van der Waals surface area contributed by atoms with Crippen LogP contribution in [0.1, 0.15) is 81.6 Å². The highest BCUT2D eigenvalue weighted by Gasteiger charge is 2.32. The molecule has 0 aromatic rings. The molecule has 0 aromatic heterocycles. The Morgan fingerprint density at radius 1 is 0.568 bits per heavy atom. The molecule has 0 unspecified atom stereocenters. The SMILES string of the molecule is CC(C)(C)OC(=O)CCOCC(COCCC(=O)OC(C)(C)C)(COCCC(=O)OC(C)(C)C)NC=O. The van der Waals surface area contributed by atoms with Crippen molar-refractivity contribution in [1.29, 1.82) is 0 Å². The zero-order chi connectivity index (χ0) is 28.8. The molecule has 0 saturated heterocycles. The lowest BCUT2D eigenvalue weighted by atomic mass is 10.0. The first-order valence-electron chi connectivity index (χ1n) is 12.5. The highest BCUT2D eigenvalue weighted by atomic mass is 16.6. The number of carbonyl (C=O) groups is 4. The van der Waals surface area contributed by atoms with Gasteiger partial charge in [-0.1, -0.05) is 0 Å². The van der Waals surface area contributed by atoms with Crippen LogP contribution < -0.4 is 5.32 Å². The van der Waals surface area contributed by atoms with E-state index in [-0.39, 0.29) is 58.9 Å². The summed E-state index contributed by atoms with van der Waals surface area (Å²) in [5.41, 5.74) is -2.95. The van der Waals surface area contributed by atoms with E-state index < -0.39 is 40.2 Å². The van der Waals surface area contributed by atoms with Gasteiger partial charge in [-0.2, -0.15) is 0 Å². The lowest BCUT2D eigenvalue weighted by Gasteiger charge is -2.32. The minimum Gasteiger partial charge on any atom is -0.460 e. The molecule has 0 atom stereocenters. The van der Waals surface area contributed by atoms with E-state index in [1.54, 1.807) is 62.3 Å². The molecule has 0 rings (SSSR count). The normalized spacial score (nSPS) is 12.6. The quantitative estimate of drug-likeness (QED) is 0.129. The molecule has 0 saturated carbocycles. The van der Waals surface area contributed by atoms with E-state index >= 15 is 0 Å². The molecule has 0 spiro atoms. The van der Waals surface area contributed by atoms with E-state index in [1.807, 2.05) is 0 Å². The van der Waals surface area contributed by atoms with Gasteiger partial charge in [-0.15, -0.1) is 0 Å². The maximum absolute atomic E-state index is 11.9. The topological polar surface area (TPSA) is 136 Å². The van der Waals surface area contributed by atoms with E-state index in [4.69, 9.17) is 28.4 Å². The number of esters is 3. The molecule has 37 heavy (non-hydrogen) atoms. The molecule has 216 valence electrons. The monoisotopic (exact) mass is 533 g/mol. The van der Waals surface area contributed by atoms with Crippen LogP contribution in [0.4, 0.5) is 0 Å². The minimum atomic E-state index is -1.13. The van der Waals surface area contributed by atoms with Gasteiger partial charge in [-0.3, -0.25) is 19.2 Å². The van der Waals surface area contributed by atoms with Crippen LogP contribution in [0.5, 0.6) is 0 Å². The van der Waals surface area contributed by atoms with Crippen molar-refractivity contribution >= 4 is 24.3 Å². The Balaban J connectivity index is 5.01. The molecule has 0 aromatic carbocycles. The van der Waals surface area contributed by atoms with Crippen molar-refractivity contribution in [2.45, 2.75) is 104 Å². The van der Waals surface area contributed by atoms with Crippen molar-refractivity contribution in [1.82, 2.24) is 5.32 Å². The Kier molecular flexibility index (Phi) is 14.9. The highest BCUT2D eigenvalue weighted by molar-refractivity contribution is 5.70. The van der Waals surface area contributed by atoms with Crippen LogP contribution in [0.2, 0.25) is 0 Å². The van der Waals surface area contributed by atoms with Crippen LogP contribution in [0, 0.1) is 0 Å². The predicted octanol–water partition coefficient (Wildman–Crippen LogP) is 2.72. The summed E-state index contributed by atoms with van der Waals surface area (Å²) < 4.78 is 32.8. The van der Waals surface area contributed by atoms with E-state index in [0.29, 0.717) is 6.41 Å². The van der Waals surface area contributed by atoms with Crippen LogP contribution in [0.15, 0.2) is 0 Å². The zero-order valence-corrected chi connectivity index (χ0v) is 24.0. The fourth-order valence-corrected chi connectivity index (χ4v) is 2.82. The first kappa shape index (κ1) is 34.8. The Hall–Kier alpha value is -2.24. The van der Waals surface area contributed by atoms with Gasteiger partial charge in [0.15, 0.2) is 0 Å². The Bertz CT molecular complexity index is 628. The summed E-state index contributed by atoms with van der Waals surface area (Å²) >= 11 is 0. The summed E-state index contributed by atoms with van der Waals surface area (Å²) in [7, 11) is 0. The lowest BCUT2D eigenvalue weighted by Crippen LogP contribution is -2.56. The van der Waals surface area contributed by atoms with Crippen molar-refractivity contribution in [2.24, 2.45) is 0 Å². The number of ether oxygens (including phenoxy) is 6. The van der Waals surface area contributed by atoms with E-state index in [0.717, 1.165) is 0 Å². The number of carbonyl (C=O) groups excluding carboxylic acids is 4. The smallest absolute Gasteiger partial charge is 0.308 e. The van der Waals surface area contributed by atoms with E-state index in [9.17, 15) is 19.2 Å². The Morgan fingerprint density at radius 2 is 0.838 bits per heavy atom. The predicted molar refractivity (Wildman–Crippen MR) is 136 cm³/mol. The van der Waals surface area contributed by atoms with Crippen LogP contribution in [0.3, 0.4) is 0 Å². The van der Waals surface area contributed by atoms with Crippen LogP contribution in [-0.2, 0) is 47.6 Å². The number of amides is 1. The number of hydrogen-bond acceptors (Lipinski definition) is 10. The Labute approximate surface area is 221 Å². The minimum absolute atomic E-state index is 0.0213. The number of hydrogen-bond donors (Lipinski definition) is 1. The molecule has 0 radical (unpaired) electrons. The Morgan fingerprint density at radius 3 is 1.05 bits per heavy atom. The summed E-state index contributed by atoms with van der Waals surface area (Å²) in [6.07, 6.45) is 0.556. The van der Waals surface area contributed by atoms with Gasteiger partial charge in [0.1, 0.15) is 22.3 Å². The maximum atomic E-state index is 11.9. The first-order chi connectivity index (χ1) is 16.9. The molecule has 0 aliphatic rings. The largest absolute Gasteiger partial charge is 0.460 e. The third-order valence-corrected chi connectivity index (χ3v) is 4.11. The van der Waals surface area contributed by atoms with E-state index in [1.165, 1.54) is 0 Å². The average molecular weight is 534 g/mol. The first-order valence-corrected chi connectivity index (χ1v) is 12.5. The molecule has 0 aliphatic carbocycles. The molecule has 0 fully saturated rings. The maximum Gasteiger partial charge on any atom is 0.308 e. The van der Waals surface area contributed by atoms with Crippen LogP contribution >= 0.6 is 0 Å². The van der Waals surface area contributed by atoms with Crippen LogP contribution in [0.25, 0.3) is 0 Å². The molecular weight excluding hydrogens is 486 g/mol. The van der Waals surface area contributed by atoms with Gasteiger partial charge >= 0.3 is 17.9 Å². The van der Waals surface area contributed by atoms with Gasteiger partial charge in [0.25, 0.3) is 0 Å². The highest BCUT2D eigenvalue weighted by Crippen LogP contribution is 2.13. The van der Waals surface area contributed by atoms with E-state index in [2.05, 4.69) is 5.32 Å². The fraction of sp³-hybridized carbons (Fsp3) is 0.846. The number of rotatable bonds is 17. The van der Waals surface area contributed by atoms with Gasteiger partial charge in [-0.25, -0.2) is 0 Å². The summed E-state index contributed by atoms with van der Waals surface area (Å²) in [5, 5.41) is 2.67. The van der Waals surface area contributed by atoms with Gasteiger partial charge in [0.05, 0.1) is 58.9 Å². The molecule has 1 amide bonds. The summed E-state index contributed by atoms with van der Waals surface area (Å²) in [6.45, 7) is 15.9. The second kappa shape index (κ2) is 15.9. The standard InChI is InChI=1S/C26H47NO10/c1-23(2,3)35-20(29)10-13-32-16-26(27-19-28,17-33-14-11-21(30)36-24(4,5)6)18-34-15-12-22(31)37-25(7,8)9/h19H,10-18H2,1-9H3,(H,27,28). The fourth-order valence-electron chi connectivity index (χ4n) is 2.82. The average Bonchev–Trinajstić information content (AvgIpc) is 2.68. The summed E-state index contributed by atoms with van der Waals surface area (Å²) in [4.78, 5) is 47.2. The summed E-state index contributed by atoms with van der Waals surface area (Å²) in [5.74, 6) is -1.24. The van der Waals surface area contributed by atoms with Gasteiger partial charge in [0.2, 0.25) is 6.41 Å². The zero-order valence-electron chi connectivity index (χ0n) is 24.0. The molecule has 11 heteroatoms. The van der Waals surface area contributed by atoms with Crippen molar-refractivity contribution in [3.05, 3.63) is 0 Å². The molecule has 0 heterocycles. The lowest BCUT2D eigenvalue weighted by molar-refractivity contribution is -0.157. The third-order valence-electron chi connectivity index (χ3n) is 4.11. The van der Waals surface area contributed by atoms with Crippen molar-refractivity contribution in [3.63, 3.8) is 0 Å². The second-order valence-electron chi connectivity index (χ2n) is 11.7. The van der Waals surface area contributed by atoms with Gasteiger partial charge in [0, 0.05) is 0 Å². The van der Waals surface area contributed by atoms with Crippen molar-refractivity contribution in [2.75, 3.05) is 39.6 Å².